The van der Waals surface area contributed by atoms with Gasteiger partial charge in [0.05, 0.1) is 11.9 Å². The standard InChI is InChI=1S/C11H13N3S/c1-9-8-15-5-4-14(9)11-3-2-10(6-12)13-7-11/h2-3,7,9H,4-5,8H2,1H3. The molecule has 0 radical (unpaired) electrons. The van der Waals surface area contributed by atoms with E-state index in [-0.39, 0.29) is 0 Å². The summed E-state index contributed by atoms with van der Waals surface area (Å²) in [5, 5.41) is 8.66. The molecule has 2 rings (SSSR count). The second-order valence-electron chi connectivity index (χ2n) is 3.63. The summed E-state index contributed by atoms with van der Waals surface area (Å²) in [6.45, 7) is 3.30. The van der Waals surface area contributed by atoms with Crippen LogP contribution in [0.1, 0.15) is 12.6 Å². The first kappa shape index (κ1) is 10.3. The summed E-state index contributed by atoms with van der Waals surface area (Å²) < 4.78 is 0. The third kappa shape index (κ3) is 2.24. The van der Waals surface area contributed by atoms with Gasteiger partial charge in [-0.2, -0.15) is 17.0 Å². The molecule has 15 heavy (non-hydrogen) atoms. The molecule has 1 saturated heterocycles. The van der Waals surface area contributed by atoms with Crippen LogP contribution in [0, 0.1) is 11.3 Å². The number of nitriles is 1. The first-order chi connectivity index (χ1) is 7.31. The minimum Gasteiger partial charge on any atom is -0.366 e. The maximum absolute atomic E-state index is 8.66. The SMILES string of the molecule is CC1CSCCN1c1ccc(C#N)nc1. The van der Waals surface area contributed by atoms with Crippen LogP contribution in [-0.2, 0) is 0 Å². The quantitative estimate of drug-likeness (QED) is 0.723. The second-order valence-corrected chi connectivity index (χ2v) is 4.78. The molecule has 1 aliphatic rings. The van der Waals surface area contributed by atoms with Crippen LogP contribution in [-0.4, -0.2) is 29.1 Å². The molecule has 0 bridgehead atoms. The Morgan fingerprint density at radius 2 is 2.47 bits per heavy atom. The van der Waals surface area contributed by atoms with E-state index in [4.69, 9.17) is 5.26 Å². The number of hydrogen-bond donors (Lipinski definition) is 0. The normalized spacial score (nSPS) is 21.1. The van der Waals surface area contributed by atoms with Crippen molar-refractivity contribution in [1.82, 2.24) is 4.98 Å². The summed E-state index contributed by atoms with van der Waals surface area (Å²) in [5.41, 5.74) is 1.61. The first-order valence-corrected chi connectivity index (χ1v) is 6.17. The number of nitrogens with zero attached hydrogens (tertiary/aromatic N) is 3. The van der Waals surface area contributed by atoms with Crippen molar-refractivity contribution in [3.8, 4) is 6.07 Å². The van der Waals surface area contributed by atoms with Gasteiger partial charge in [-0.25, -0.2) is 4.98 Å². The highest BCUT2D eigenvalue weighted by Crippen LogP contribution is 2.22. The molecular weight excluding hydrogens is 206 g/mol. The molecule has 3 nitrogen and oxygen atoms in total. The molecule has 1 aliphatic heterocycles. The average molecular weight is 219 g/mol. The fourth-order valence-electron chi connectivity index (χ4n) is 1.73. The summed E-state index contributed by atoms with van der Waals surface area (Å²) >= 11 is 1.99. The molecule has 0 spiro atoms. The lowest BCUT2D eigenvalue weighted by molar-refractivity contribution is 0.698. The molecule has 0 saturated carbocycles. The number of hydrogen-bond acceptors (Lipinski definition) is 4. The maximum Gasteiger partial charge on any atom is 0.140 e. The minimum absolute atomic E-state index is 0.484. The molecule has 1 atom stereocenters. The lowest BCUT2D eigenvalue weighted by atomic mass is 10.2. The van der Waals surface area contributed by atoms with E-state index in [1.807, 2.05) is 23.9 Å². The van der Waals surface area contributed by atoms with Gasteiger partial charge in [0.2, 0.25) is 0 Å². The van der Waals surface area contributed by atoms with Crippen LogP contribution in [0.15, 0.2) is 18.3 Å². The van der Waals surface area contributed by atoms with Crippen molar-refractivity contribution in [1.29, 1.82) is 5.26 Å². The van der Waals surface area contributed by atoms with Crippen molar-refractivity contribution in [3.63, 3.8) is 0 Å². The van der Waals surface area contributed by atoms with Crippen LogP contribution in [0.3, 0.4) is 0 Å². The molecule has 78 valence electrons. The second kappa shape index (κ2) is 4.54. The van der Waals surface area contributed by atoms with Crippen LogP contribution in [0.2, 0.25) is 0 Å². The predicted octanol–water partition coefficient (Wildman–Crippen LogP) is 1.89. The van der Waals surface area contributed by atoms with E-state index < -0.39 is 0 Å². The molecular formula is C11H13N3S. The van der Waals surface area contributed by atoms with E-state index in [1.54, 1.807) is 12.3 Å². The van der Waals surface area contributed by atoms with Crippen molar-refractivity contribution in [3.05, 3.63) is 24.0 Å². The predicted molar refractivity (Wildman–Crippen MR) is 63.1 cm³/mol. The van der Waals surface area contributed by atoms with Crippen molar-refractivity contribution < 1.29 is 0 Å². The van der Waals surface area contributed by atoms with Gasteiger partial charge in [0, 0.05) is 24.1 Å². The maximum atomic E-state index is 8.66. The Hall–Kier alpha value is -1.21. The van der Waals surface area contributed by atoms with Gasteiger partial charge in [-0.3, -0.25) is 0 Å². The largest absolute Gasteiger partial charge is 0.366 e. The molecule has 0 aliphatic carbocycles. The number of anilines is 1. The average Bonchev–Trinajstić information content (AvgIpc) is 2.30. The van der Waals surface area contributed by atoms with E-state index in [2.05, 4.69) is 16.8 Å². The van der Waals surface area contributed by atoms with E-state index in [0.717, 1.165) is 12.2 Å². The Kier molecular flexibility index (Phi) is 3.12. The smallest absolute Gasteiger partial charge is 0.140 e. The van der Waals surface area contributed by atoms with Gasteiger partial charge < -0.3 is 4.90 Å². The molecule has 4 heteroatoms. The highest BCUT2D eigenvalue weighted by atomic mass is 32.2. The summed E-state index contributed by atoms with van der Waals surface area (Å²) in [6.07, 6.45) is 1.80. The Morgan fingerprint density at radius 3 is 3.07 bits per heavy atom. The zero-order valence-corrected chi connectivity index (χ0v) is 9.50. The van der Waals surface area contributed by atoms with E-state index in [1.165, 1.54) is 11.5 Å². The van der Waals surface area contributed by atoms with Crippen molar-refractivity contribution >= 4 is 17.4 Å². The zero-order chi connectivity index (χ0) is 10.7. The number of thioether (sulfide) groups is 1. The monoisotopic (exact) mass is 219 g/mol. The van der Waals surface area contributed by atoms with Crippen LogP contribution < -0.4 is 4.90 Å². The Labute approximate surface area is 94.1 Å². The number of rotatable bonds is 1. The van der Waals surface area contributed by atoms with Crippen LogP contribution in [0.5, 0.6) is 0 Å². The zero-order valence-electron chi connectivity index (χ0n) is 8.68. The molecule has 1 aromatic rings. The highest BCUT2D eigenvalue weighted by Gasteiger charge is 2.18. The summed E-state index contributed by atoms with van der Waals surface area (Å²) in [4.78, 5) is 6.45. The first-order valence-electron chi connectivity index (χ1n) is 5.02. The highest BCUT2D eigenvalue weighted by molar-refractivity contribution is 7.99. The van der Waals surface area contributed by atoms with Gasteiger partial charge >= 0.3 is 0 Å². The topological polar surface area (TPSA) is 39.9 Å². The molecule has 1 aromatic heterocycles. The van der Waals surface area contributed by atoms with E-state index in [0.29, 0.717) is 11.7 Å². The van der Waals surface area contributed by atoms with Crippen molar-refractivity contribution in [2.75, 3.05) is 23.0 Å². The van der Waals surface area contributed by atoms with E-state index in [9.17, 15) is 0 Å². The fourth-order valence-corrected chi connectivity index (χ4v) is 2.75. The number of pyridine rings is 1. The van der Waals surface area contributed by atoms with Crippen LogP contribution in [0.25, 0.3) is 0 Å². The molecule has 0 N–H and O–H groups in total. The van der Waals surface area contributed by atoms with Gasteiger partial charge in [0.25, 0.3) is 0 Å². The van der Waals surface area contributed by atoms with Gasteiger partial charge in [-0.05, 0) is 19.1 Å². The third-order valence-electron chi connectivity index (χ3n) is 2.56. The summed E-state index contributed by atoms with van der Waals surface area (Å²) in [6, 6.07) is 6.35. The third-order valence-corrected chi connectivity index (χ3v) is 3.75. The van der Waals surface area contributed by atoms with Crippen molar-refractivity contribution in [2.24, 2.45) is 0 Å². The molecule has 1 unspecified atom stereocenters. The molecule has 0 amide bonds. The van der Waals surface area contributed by atoms with Gasteiger partial charge in [-0.15, -0.1) is 0 Å². The summed E-state index contributed by atoms with van der Waals surface area (Å²) in [7, 11) is 0. The van der Waals surface area contributed by atoms with Gasteiger partial charge in [0.15, 0.2) is 0 Å². The van der Waals surface area contributed by atoms with Crippen LogP contribution >= 0.6 is 11.8 Å². The minimum atomic E-state index is 0.484. The van der Waals surface area contributed by atoms with Gasteiger partial charge in [-0.1, -0.05) is 0 Å². The Bertz CT molecular complexity index is 368. The van der Waals surface area contributed by atoms with Crippen LogP contribution in [0.4, 0.5) is 5.69 Å². The Morgan fingerprint density at radius 1 is 1.60 bits per heavy atom. The molecule has 2 heterocycles. The molecule has 1 fully saturated rings. The molecule has 0 aromatic carbocycles. The summed E-state index contributed by atoms with van der Waals surface area (Å²) in [5.74, 6) is 2.34. The fraction of sp³-hybridized carbons (Fsp3) is 0.455. The lowest BCUT2D eigenvalue weighted by Crippen LogP contribution is -2.40. The van der Waals surface area contributed by atoms with Crippen molar-refractivity contribution in [2.45, 2.75) is 13.0 Å². The van der Waals surface area contributed by atoms with Gasteiger partial charge in [0.1, 0.15) is 11.8 Å². The lowest BCUT2D eigenvalue weighted by Gasteiger charge is -2.34. The Balaban J connectivity index is 2.18. The number of aromatic nitrogens is 1. The van der Waals surface area contributed by atoms with E-state index >= 15 is 0 Å².